The molecule has 0 amide bonds. The number of ether oxygens (including phenoxy) is 2. The highest BCUT2D eigenvalue weighted by atomic mass is 16.5. The number of para-hydroxylation sites is 2. The van der Waals surface area contributed by atoms with Crippen LogP contribution in [0.3, 0.4) is 0 Å². The van der Waals surface area contributed by atoms with E-state index in [-0.39, 0.29) is 6.10 Å². The third-order valence-corrected chi connectivity index (χ3v) is 2.69. The van der Waals surface area contributed by atoms with Crippen LogP contribution in [0.1, 0.15) is 6.92 Å². The van der Waals surface area contributed by atoms with Crippen molar-refractivity contribution in [1.29, 1.82) is 0 Å². The van der Waals surface area contributed by atoms with E-state index in [0.29, 0.717) is 6.54 Å². The summed E-state index contributed by atoms with van der Waals surface area (Å²) in [5, 5.41) is 0. The number of guanidine groups is 1. The molecule has 0 radical (unpaired) electrons. The summed E-state index contributed by atoms with van der Waals surface area (Å²) in [7, 11) is 9.55. The van der Waals surface area contributed by atoms with Gasteiger partial charge in [0.05, 0.1) is 13.7 Å². The molecule has 1 unspecified atom stereocenters. The molecule has 5 nitrogen and oxygen atoms in total. The molecular weight excluding hydrogens is 254 g/mol. The highest BCUT2D eigenvalue weighted by molar-refractivity contribution is 5.79. The van der Waals surface area contributed by atoms with Gasteiger partial charge in [0.1, 0.15) is 6.10 Å². The summed E-state index contributed by atoms with van der Waals surface area (Å²) in [6.07, 6.45) is -0.0267. The molecule has 0 aliphatic carbocycles. The van der Waals surface area contributed by atoms with Crippen molar-refractivity contribution in [2.75, 3.05) is 41.8 Å². The Bertz CT molecular complexity index is 434. The number of rotatable bonds is 5. The number of benzene rings is 1. The normalized spacial score (nSPS) is 11.5. The number of aliphatic imine (C=N–C) groups is 1. The molecule has 0 saturated carbocycles. The first-order chi connectivity index (χ1) is 9.45. The zero-order valence-corrected chi connectivity index (χ0v) is 13.3. The van der Waals surface area contributed by atoms with Crippen LogP contribution in [-0.4, -0.2) is 63.7 Å². The molecule has 0 aliphatic rings. The standard InChI is InChI=1S/C15H25N3O2/c1-12(11-16-15(17(2)3)18(4)5)20-14-10-8-7-9-13(14)19-6/h7-10,12H,11H2,1-6H3. The largest absolute Gasteiger partial charge is 0.493 e. The Labute approximate surface area is 121 Å². The number of methoxy groups -OCH3 is 1. The van der Waals surface area contributed by atoms with Crippen LogP contribution in [0.2, 0.25) is 0 Å². The summed E-state index contributed by atoms with van der Waals surface area (Å²) >= 11 is 0. The van der Waals surface area contributed by atoms with Crippen LogP contribution in [0, 0.1) is 0 Å². The topological polar surface area (TPSA) is 37.3 Å². The fourth-order valence-corrected chi connectivity index (χ4v) is 1.86. The molecule has 0 N–H and O–H groups in total. The van der Waals surface area contributed by atoms with Gasteiger partial charge in [-0.05, 0) is 19.1 Å². The van der Waals surface area contributed by atoms with Crippen molar-refractivity contribution in [1.82, 2.24) is 9.80 Å². The van der Waals surface area contributed by atoms with Crippen LogP contribution in [0.5, 0.6) is 11.5 Å². The van der Waals surface area contributed by atoms with Crippen molar-refractivity contribution < 1.29 is 9.47 Å². The summed E-state index contributed by atoms with van der Waals surface area (Å²) in [6.45, 7) is 2.59. The molecule has 112 valence electrons. The van der Waals surface area contributed by atoms with Crippen molar-refractivity contribution in [3.8, 4) is 11.5 Å². The van der Waals surface area contributed by atoms with Crippen LogP contribution >= 0.6 is 0 Å². The minimum atomic E-state index is -0.0267. The van der Waals surface area contributed by atoms with Gasteiger partial charge < -0.3 is 19.3 Å². The molecule has 1 aromatic carbocycles. The molecule has 0 bridgehead atoms. The van der Waals surface area contributed by atoms with Crippen molar-refractivity contribution in [3.63, 3.8) is 0 Å². The van der Waals surface area contributed by atoms with Gasteiger partial charge >= 0.3 is 0 Å². The highest BCUT2D eigenvalue weighted by Gasteiger charge is 2.10. The lowest BCUT2D eigenvalue weighted by Crippen LogP contribution is -2.36. The summed E-state index contributed by atoms with van der Waals surface area (Å²) in [5.41, 5.74) is 0. The van der Waals surface area contributed by atoms with Gasteiger partial charge in [0.25, 0.3) is 0 Å². The van der Waals surface area contributed by atoms with Gasteiger partial charge in [-0.25, -0.2) is 4.99 Å². The van der Waals surface area contributed by atoms with Crippen molar-refractivity contribution in [3.05, 3.63) is 24.3 Å². The molecule has 0 aromatic heterocycles. The molecule has 0 heterocycles. The molecule has 1 rings (SSSR count). The van der Waals surface area contributed by atoms with Gasteiger partial charge in [0.2, 0.25) is 0 Å². The maximum Gasteiger partial charge on any atom is 0.195 e. The Balaban J connectivity index is 2.68. The monoisotopic (exact) mass is 279 g/mol. The van der Waals surface area contributed by atoms with Crippen LogP contribution in [0.4, 0.5) is 0 Å². The molecule has 20 heavy (non-hydrogen) atoms. The van der Waals surface area contributed by atoms with Gasteiger partial charge in [0, 0.05) is 28.2 Å². The summed E-state index contributed by atoms with van der Waals surface area (Å²) in [6, 6.07) is 7.64. The van der Waals surface area contributed by atoms with Crippen LogP contribution < -0.4 is 9.47 Å². The molecule has 0 saturated heterocycles. The minimum Gasteiger partial charge on any atom is -0.493 e. The zero-order valence-electron chi connectivity index (χ0n) is 13.3. The van der Waals surface area contributed by atoms with E-state index >= 15 is 0 Å². The highest BCUT2D eigenvalue weighted by Crippen LogP contribution is 2.26. The second-order valence-corrected chi connectivity index (χ2v) is 5.01. The first-order valence-electron chi connectivity index (χ1n) is 6.64. The Morgan fingerprint density at radius 3 is 2.15 bits per heavy atom. The van der Waals surface area contributed by atoms with Crippen molar-refractivity contribution >= 4 is 5.96 Å². The van der Waals surface area contributed by atoms with Crippen LogP contribution in [-0.2, 0) is 0 Å². The summed E-state index contributed by atoms with van der Waals surface area (Å²) in [5.74, 6) is 2.40. The van der Waals surface area contributed by atoms with E-state index in [1.54, 1.807) is 7.11 Å². The molecule has 0 spiro atoms. The minimum absolute atomic E-state index is 0.0267. The Morgan fingerprint density at radius 1 is 1.10 bits per heavy atom. The predicted molar refractivity (Wildman–Crippen MR) is 82.8 cm³/mol. The number of hydrogen-bond acceptors (Lipinski definition) is 3. The number of nitrogens with zero attached hydrogens (tertiary/aromatic N) is 3. The first-order valence-corrected chi connectivity index (χ1v) is 6.64. The second-order valence-electron chi connectivity index (χ2n) is 5.01. The van der Waals surface area contributed by atoms with E-state index in [2.05, 4.69) is 4.99 Å². The van der Waals surface area contributed by atoms with E-state index in [4.69, 9.17) is 9.47 Å². The van der Waals surface area contributed by atoms with Gasteiger partial charge in [-0.1, -0.05) is 12.1 Å². The quantitative estimate of drug-likeness (QED) is 0.610. The molecule has 0 aliphatic heterocycles. The Kier molecular flexibility index (Phi) is 6.15. The van der Waals surface area contributed by atoms with E-state index in [1.807, 2.05) is 69.2 Å². The first kappa shape index (κ1) is 16.1. The van der Waals surface area contributed by atoms with Gasteiger partial charge in [0.15, 0.2) is 17.5 Å². The lowest BCUT2D eigenvalue weighted by molar-refractivity contribution is 0.218. The number of hydrogen-bond donors (Lipinski definition) is 0. The smallest absolute Gasteiger partial charge is 0.195 e. The fraction of sp³-hybridized carbons (Fsp3) is 0.533. The van der Waals surface area contributed by atoms with Crippen molar-refractivity contribution in [2.45, 2.75) is 13.0 Å². The van der Waals surface area contributed by atoms with Gasteiger partial charge in [-0.15, -0.1) is 0 Å². The zero-order chi connectivity index (χ0) is 15.1. The Morgan fingerprint density at radius 2 is 1.65 bits per heavy atom. The van der Waals surface area contributed by atoms with E-state index < -0.39 is 0 Å². The van der Waals surface area contributed by atoms with Crippen LogP contribution in [0.15, 0.2) is 29.3 Å². The third-order valence-electron chi connectivity index (χ3n) is 2.69. The average Bonchev–Trinajstić information content (AvgIpc) is 2.38. The summed E-state index contributed by atoms with van der Waals surface area (Å²) in [4.78, 5) is 8.54. The summed E-state index contributed by atoms with van der Waals surface area (Å²) < 4.78 is 11.1. The maximum atomic E-state index is 5.88. The predicted octanol–water partition coefficient (Wildman–Crippen LogP) is 1.94. The third kappa shape index (κ3) is 4.64. The van der Waals surface area contributed by atoms with Crippen molar-refractivity contribution in [2.24, 2.45) is 4.99 Å². The molecule has 1 atom stereocenters. The molecule has 0 fully saturated rings. The molecule has 5 heteroatoms. The second kappa shape index (κ2) is 7.62. The van der Waals surface area contributed by atoms with E-state index in [0.717, 1.165) is 17.5 Å². The lowest BCUT2D eigenvalue weighted by Gasteiger charge is -2.23. The maximum absolute atomic E-state index is 5.88. The molecule has 1 aromatic rings. The van der Waals surface area contributed by atoms with Gasteiger partial charge in [-0.3, -0.25) is 0 Å². The average molecular weight is 279 g/mol. The lowest BCUT2D eigenvalue weighted by atomic mass is 10.3. The van der Waals surface area contributed by atoms with Gasteiger partial charge in [-0.2, -0.15) is 0 Å². The fourth-order valence-electron chi connectivity index (χ4n) is 1.86. The van der Waals surface area contributed by atoms with Crippen LogP contribution in [0.25, 0.3) is 0 Å². The van der Waals surface area contributed by atoms with E-state index in [1.165, 1.54) is 0 Å². The van der Waals surface area contributed by atoms with E-state index in [9.17, 15) is 0 Å². The SMILES string of the molecule is COc1ccccc1OC(C)CN=C(N(C)C)N(C)C. The Hall–Kier alpha value is -1.91. The molecular formula is C15H25N3O2.